The van der Waals surface area contributed by atoms with Crippen molar-refractivity contribution in [3.05, 3.63) is 24.2 Å². The van der Waals surface area contributed by atoms with Crippen LogP contribution >= 0.6 is 0 Å². The summed E-state index contributed by atoms with van der Waals surface area (Å²) in [5.74, 6) is 0.806. The molecule has 2 N–H and O–H groups in total. The Morgan fingerprint density at radius 1 is 1.67 bits per heavy atom. The van der Waals surface area contributed by atoms with E-state index in [0.29, 0.717) is 12.6 Å². The number of furan rings is 1. The summed E-state index contributed by atoms with van der Waals surface area (Å²) in [5, 5.41) is 6.03. The first kappa shape index (κ1) is 10.2. The third kappa shape index (κ3) is 3.09. The van der Waals surface area contributed by atoms with Crippen molar-refractivity contribution in [1.29, 1.82) is 0 Å². The predicted octanol–water partition coefficient (Wildman–Crippen LogP) is 1.21. The molecule has 1 amide bonds. The molecule has 1 atom stereocenters. The number of amides is 1. The average Bonchev–Trinajstić information content (AvgIpc) is 2.87. The molecule has 4 heteroatoms. The Labute approximate surface area is 89.0 Å². The van der Waals surface area contributed by atoms with Gasteiger partial charge in [0.15, 0.2) is 0 Å². The van der Waals surface area contributed by atoms with Gasteiger partial charge in [-0.3, -0.25) is 4.79 Å². The Hall–Kier alpha value is -1.29. The highest BCUT2D eigenvalue weighted by Gasteiger charge is 2.21. The van der Waals surface area contributed by atoms with Crippen molar-refractivity contribution in [2.45, 2.75) is 31.8 Å². The van der Waals surface area contributed by atoms with Gasteiger partial charge in [-0.15, -0.1) is 0 Å². The first-order valence-corrected chi connectivity index (χ1v) is 5.32. The highest BCUT2D eigenvalue weighted by atomic mass is 16.3. The number of rotatable bonds is 5. The van der Waals surface area contributed by atoms with Crippen LogP contribution < -0.4 is 10.6 Å². The summed E-state index contributed by atoms with van der Waals surface area (Å²) in [6.07, 6.45) is 4.00. The van der Waals surface area contributed by atoms with Crippen molar-refractivity contribution >= 4 is 5.91 Å². The normalized spacial score (nSPS) is 17.4. The van der Waals surface area contributed by atoms with Crippen LogP contribution in [0.2, 0.25) is 0 Å². The smallest absolute Gasteiger partial charge is 0.234 e. The van der Waals surface area contributed by atoms with Gasteiger partial charge < -0.3 is 15.1 Å². The fraction of sp³-hybridized carbons (Fsp3) is 0.545. The Kier molecular flexibility index (Phi) is 3.06. The number of hydrogen-bond donors (Lipinski definition) is 2. The van der Waals surface area contributed by atoms with E-state index in [2.05, 4.69) is 10.6 Å². The fourth-order valence-electron chi connectivity index (χ4n) is 1.43. The summed E-state index contributed by atoms with van der Waals surface area (Å²) in [7, 11) is 0. The minimum Gasteiger partial charge on any atom is -0.467 e. The molecule has 1 aliphatic rings. The molecule has 1 aliphatic carbocycles. The lowest BCUT2D eigenvalue weighted by Crippen LogP contribution is -2.36. The molecule has 1 aromatic heterocycles. The van der Waals surface area contributed by atoms with Crippen molar-refractivity contribution in [3.8, 4) is 0 Å². The van der Waals surface area contributed by atoms with Crippen molar-refractivity contribution in [2.24, 2.45) is 0 Å². The lowest BCUT2D eigenvalue weighted by atomic mass is 10.2. The monoisotopic (exact) mass is 208 g/mol. The van der Waals surface area contributed by atoms with Gasteiger partial charge >= 0.3 is 0 Å². The van der Waals surface area contributed by atoms with Crippen LogP contribution in [0.1, 0.15) is 31.6 Å². The van der Waals surface area contributed by atoms with E-state index < -0.39 is 0 Å². The number of nitrogens with one attached hydrogen (secondary N) is 2. The van der Waals surface area contributed by atoms with E-state index >= 15 is 0 Å². The lowest BCUT2D eigenvalue weighted by molar-refractivity contribution is -0.121. The number of carbonyl (C=O) groups excluding carboxylic acids is 1. The van der Waals surface area contributed by atoms with Gasteiger partial charge in [0.1, 0.15) is 5.76 Å². The van der Waals surface area contributed by atoms with E-state index in [-0.39, 0.29) is 11.9 Å². The maximum Gasteiger partial charge on any atom is 0.234 e. The van der Waals surface area contributed by atoms with E-state index in [0.717, 1.165) is 5.76 Å². The number of carbonyl (C=O) groups is 1. The first-order chi connectivity index (χ1) is 7.25. The fourth-order valence-corrected chi connectivity index (χ4v) is 1.43. The van der Waals surface area contributed by atoms with Crippen molar-refractivity contribution in [3.63, 3.8) is 0 Å². The van der Waals surface area contributed by atoms with Gasteiger partial charge in [-0.1, -0.05) is 0 Å². The Balaban J connectivity index is 1.72. The molecular weight excluding hydrogens is 192 g/mol. The largest absolute Gasteiger partial charge is 0.467 e. The molecule has 0 aromatic carbocycles. The summed E-state index contributed by atoms with van der Waals surface area (Å²) < 4.78 is 5.20. The molecule has 0 saturated heterocycles. The van der Waals surface area contributed by atoms with Gasteiger partial charge in [0, 0.05) is 6.04 Å². The van der Waals surface area contributed by atoms with Crippen LogP contribution in [0.3, 0.4) is 0 Å². The molecule has 4 nitrogen and oxygen atoms in total. The zero-order valence-corrected chi connectivity index (χ0v) is 8.82. The summed E-state index contributed by atoms with van der Waals surface area (Å²) >= 11 is 0. The van der Waals surface area contributed by atoms with Crippen LogP contribution in [0.4, 0.5) is 0 Å². The van der Waals surface area contributed by atoms with Crippen LogP contribution in [0.25, 0.3) is 0 Å². The van der Waals surface area contributed by atoms with E-state index in [1.54, 1.807) is 6.26 Å². The van der Waals surface area contributed by atoms with Gasteiger partial charge in [0.2, 0.25) is 5.91 Å². The van der Waals surface area contributed by atoms with Crippen molar-refractivity contribution in [2.75, 3.05) is 6.54 Å². The van der Waals surface area contributed by atoms with Crippen molar-refractivity contribution in [1.82, 2.24) is 10.6 Å². The molecule has 1 heterocycles. The average molecular weight is 208 g/mol. The Bertz CT molecular complexity index is 317. The lowest BCUT2D eigenvalue weighted by Gasteiger charge is -2.11. The third-order valence-corrected chi connectivity index (χ3v) is 2.48. The minimum absolute atomic E-state index is 0.0193. The maximum absolute atomic E-state index is 11.5. The summed E-state index contributed by atoms with van der Waals surface area (Å²) in [5.41, 5.74) is 0. The molecule has 0 spiro atoms. The molecule has 0 bridgehead atoms. The second kappa shape index (κ2) is 4.49. The molecule has 1 aromatic rings. The maximum atomic E-state index is 11.5. The quantitative estimate of drug-likeness (QED) is 0.764. The molecule has 0 unspecified atom stereocenters. The second-order valence-electron chi connectivity index (χ2n) is 3.96. The molecule has 2 rings (SSSR count). The zero-order chi connectivity index (χ0) is 10.7. The number of hydrogen-bond acceptors (Lipinski definition) is 3. The predicted molar refractivity (Wildman–Crippen MR) is 56.3 cm³/mol. The Morgan fingerprint density at radius 2 is 2.47 bits per heavy atom. The van der Waals surface area contributed by atoms with Crippen molar-refractivity contribution < 1.29 is 9.21 Å². The van der Waals surface area contributed by atoms with E-state index in [4.69, 9.17) is 4.42 Å². The zero-order valence-electron chi connectivity index (χ0n) is 8.82. The molecule has 1 saturated carbocycles. The standard InChI is InChI=1S/C11H16N2O2/c1-8(10-3-2-6-15-10)13-11(14)7-12-9-4-5-9/h2-3,6,8-9,12H,4-5,7H2,1H3,(H,13,14)/t8-/m1/s1. The minimum atomic E-state index is -0.0616. The van der Waals surface area contributed by atoms with Gasteiger partial charge in [0.05, 0.1) is 18.8 Å². The molecular formula is C11H16N2O2. The van der Waals surface area contributed by atoms with Gasteiger partial charge in [0.25, 0.3) is 0 Å². The van der Waals surface area contributed by atoms with Crippen LogP contribution in [0, 0.1) is 0 Å². The van der Waals surface area contributed by atoms with E-state index in [1.165, 1.54) is 12.8 Å². The first-order valence-electron chi connectivity index (χ1n) is 5.32. The van der Waals surface area contributed by atoms with Gasteiger partial charge in [-0.2, -0.15) is 0 Å². The van der Waals surface area contributed by atoms with Gasteiger partial charge in [-0.25, -0.2) is 0 Å². The van der Waals surface area contributed by atoms with Crippen LogP contribution in [-0.4, -0.2) is 18.5 Å². The van der Waals surface area contributed by atoms with Crippen LogP contribution in [0.5, 0.6) is 0 Å². The highest BCUT2D eigenvalue weighted by Crippen LogP contribution is 2.18. The Morgan fingerprint density at radius 3 is 3.07 bits per heavy atom. The van der Waals surface area contributed by atoms with Crippen LogP contribution in [0.15, 0.2) is 22.8 Å². The molecule has 15 heavy (non-hydrogen) atoms. The summed E-state index contributed by atoms with van der Waals surface area (Å²) in [6.45, 7) is 2.31. The van der Waals surface area contributed by atoms with E-state index in [1.807, 2.05) is 19.1 Å². The molecule has 82 valence electrons. The van der Waals surface area contributed by atoms with E-state index in [9.17, 15) is 4.79 Å². The molecule has 0 aliphatic heterocycles. The molecule has 1 fully saturated rings. The van der Waals surface area contributed by atoms with Crippen LogP contribution in [-0.2, 0) is 4.79 Å². The third-order valence-electron chi connectivity index (χ3n) is 2.48. The van der Waals surface area contributed by atoms with Gasteiger partial charge in [-0.05, 0) is 31.9 Å². The summed E-state index contributed by atoms with van der Waals surface area (Å²) in [4.78, 5) is 11.5. The highest BCUT2D eigenvalue weighted by molar-refractivity contribution is 5.78. The SMILES string of the molecule is C[C@@H](NC(=O)CNC1CC1)c1ccco1. The topological polar surface area (TPSA) is 54.3 Å². The molecule has 0 radical (unpaired) electrons. The summed E-state index contributed by atoms with van der Waals surface area (Å²) in [6, 6.07) is 4.18. The second-order valence-corrected chi connectivity index (χ2v) is 3.96.